The molecule has 10 rings (SSSR count). The molecular weight excluding hydrogens is 199 g/mol. The van der Waals surface area contributed by atoms with Gasteiger partial charge in [-0.3, -0.25) is 0 Å². The molecule has 0 bridgehead atoms. The summed E-state index contributed by atoms with van der Waals surface area (Å²) in [4.78, 5) is 14.1. The van der Waals surface area contributed by atoms with Crippen LogP contribution in [-0.2, 0) is 6.51 Å². The van der Waals surface area contributed by atoms with Gasteiger partial charge < -0.3 is 0 Å². The zero-order valence-corrected chi connectivity index (χ0v) is 8.96. The first-order chi connectivity index (χ1) is 6.11. The van der Waals surface area contributed by atoms with Gasteiger partial charge in [-0.05, 0) is 0 Å². The van der Waals surface area contributed by atoms with Crippen LogP contribution in [-0.4, -0.2) is 0 Å². The van der Waals surface area contributed by atoms with Gasteiger partial charge in [-0.2, -0.15) is 0 Å². The average molecular weight is 213 g/mol. The maximum absolute atomic E-state index is 2.59. The van der Waals surface area contributed by atoms with Crippen LogP contribution in [0.3, 0.4) is 0 Å². The fourth-order valence-electron chi connectivity index (χ4n) is 18.9. The van der Waals surface area contributed by atoms with Crippen molar-refractivity contribution >= 4 is 0 Å². The van der Waals surface area contributed by atoms with Gasteiger partial charge in [0.1, 0.15) is 0 Å². The van der Waals surface area contributed by atoms with Crippen LogP contribution in [0.2, 0.25) is 47.7 Å². The van der Waals surface area contributed by atoms with E-state index in [1.807, 2.05) is 0 Å². The summed E-state index contributed by atoms with van der Waals surface area (Å²) in [6, 6.07) is 0. The van der Waals surface area contributed by atoms with Crippen molar-refractivity contribution in [2.24, 2.45) is 0 Å². The Morgan fingerprint density at radius 1 is 0.846 bits per heavy atom. The molecule has 0 aromatic rings. The van der Waals surface area contributed by atoms with Crippen molar-refractivity contribution in [3.05, 3.63) is 0 Å². The average Bonchev–Trinajstić information content (AvgIpc) is 3.12. The molecule has 10 saturated heterocycles. The van der Waals surface area contributed by atoms with Gasteiger partial charge >= 0.3 is 67.5 Å². The summed E-state index contributed by atoms with van der Waals surface area (Å²) in [5.41, 5.74) is 0. The van der Waals surface area contributed by atoms with E-state index in [2.05, 4.69) is 6.92 Å². The fraction of sp³-hybridized carbons (Fsp3) is 1.00. The fourth-order valence-corrected chi connectivity index (χ4v) is 102. The van der Waals surface area contributed by atoms with Crippen LogP contribution < -0.4 is 0 Å². The Kier molecular flexibility index (Phi) is 0.0844. The van der Waals surface area contributed by atoms with Crippen LogP contribution in [0.15, 0.2) is 0 Å². The van der Waals surface area contributed by atoms with Crippen LogP contribution in [0, 0.1) is 0 Å². The molecular formula is C12H14Mn. The number of hydrogen-bond donors (Lipinski definition) is 0. The number of fused-ring (bicyclic) bond motifs is 10. The van der Waals surface area contributed by atoms with E-state index in [0.717, 1.165) is 0 Å². The summed E-state index contributed by atoms with van der Waals surface area (Å²) >= 11 is 0. The maximum atomic E-state index is 2.59. The second-order valence-corrected chi connectivity index (χ2v) is 36.0. The monoisotopic (exact) mass is 213 g/mol. The molecule has 0 N–H and O–H groups in total. The van der Waals surface area contributed by atoms with Gasteiger partial charge in [-0.15, -0.1) is 0 Å². The third-order valence-electron chi connectivity index (χ3n) is 16.5. The Morgan fingerprint density at radius 2 is 1.31 bits per heavy atom. The van der Waals surface area contributed by atoms with Gasteiger partial charge in [0.05, 0.1) is 0 Å². The first-order valence-corrected chi connectivity index (χ1v) is 13.2. The minimum atomic E-state index is -2.59. The van der Waals surface area contributed by atoms with Crippen LogP contribution >= 0.6 is 0 Å². The summed E-state index contributed by atoms with van der Waals surface area (Å²) in [6.45, 7) is -0.00778. The second-order valence-electron chi connectivity index (χ2n) is 10.7. The predicted molar refractivity (Wildman–Crippen MR) is 46.7 cm³/mol. The normalized spacial score (nSPS) is 152. The van der Waals surface area contributed by atoms with Crippen molar-refractivity contribution in [3.8, 4) is 0 Å². The minimum absolute atomic E-state index is 1.24. The Bertz CT molecular complexity index is 765. The van der Waals surface area contributed by atoms with Gasteiger partial charge in [-0.1, -0.05) is 0 Å². The molecule has 0 radical (unpaired) electrons. The van der Waals surface area contributed by atoms with Crippen molar-refractivity contribution in [2.75, 3.05) is 0 Å². The Morgan fingerprint density at radius 3 is 1.38 bits per heavy atom. The second kappa shape index (κ2) is 0.263. The van der Waals surface area contributed by atoms with Crippen LogP contribution in [0.25, 0.3) is 0 Å². The molecule has 0 aromatic carbocycles. The van der Waals surface area contributed by atoms with E-state index in [-0.39, 0.29) is 0 Å². The summed E-state index contributed by atoms with van der Waals surface area (Å²) in [7, 11) is 0. The van der Waals surface area contributed by atoms with E-state index in [9.17, 15) is 0 Å². The molecule has 4 atom stereocenters. The molecule has 10 aliphatic rings. The molecule has 10 fully saturated rings. The summed E-state index contributed by atoms with van der Waals surface area (Å²) in [6.07, 6.45) is 1.68. The quantitative estimate of drug-likeness (QED) is 0.574. The molecule has 0 aromatic heterocycles. The van der Waals surface area contributed by atoms with Gasteiger partial charge in [0, 0.05) is 0 Å². The van der Waals surface area contributed by atoms with Crippen LogP contribution in [0.1, 0.15) is 13.3 Å². The third kappa shape index (κ3) is 0.0296. The molecule has 13 heavy (non-hydrogen) atoms. The standard InChI is InChI=1S/C7H9.C5H5.Mn/c1-2-7-5-3-4-6-7;1-2-4-5-3-1;/h3-6H,2H2,1H3;1-5H;. The van der Waals surface area contributed by atoms with Gasteiger partial charge in [0.2, 0.25) is 0 Å². The Labute approximate surface area is 67.7 Å². The van der Waals surface area contributed by atoms with Crippen LogP contribution in [0.4, 0.5) is 0 Å². The zero-order chi connectivity index (χ0) is 7.72. The first kappa shape index (κ1) is 4.18. The molecule has 4 unspecified atom stereocenters. The predicted octanol–water partition coefficient (Wildman–Crippen LogP) is 4.16. The summed E-state index contributed by atoms with van der Waals surface area (Å²) < 4.78 is 1.24. The third-order valence-corrected chi connectivity index (χ3v) is 62.6. The molecule has 10 heterocycles. The van der Waals surface area contributed by atoms with Gasteiger partial charge in [0.15, 0.2) is 0 Å². The van der Waals surface area contributed by atoms with E-state index in [0.29, 0.717) is 0 Å². The topological polar surface area (TPSA) is 0 Å². The van der Waals surface area contributed by atoms with Crippen molar-refractivity contribution in [1.29, 1.82) is 0 Å². The van der Waals surface area contributed by atoms with Crippen molar-refractivity contribution in [1.82, 2.24) is 0 Å². The molecule has 1 heteroatoms. The molecule has 0 saturated carbocycles. The summed E-state index contributed by atoms with van der Waals surface area (Å²) in [5.74, 6) is 0. The van der Waals surface area contributed by atoms with Crippen molar-refractivity contribution < 1.29 is 6.51 Å². The number of hydrogen-bond acceptors (Lipinski definition) is 0. The van der Waals surface area contributed by atoms with E-state index in [1.54, 1.807) is 49.8 Å². The molecule has 0 nitrogen and oxygen atoms in total. The summed E-state index contributed by atoms with van der Waals surface area (Å²) in [5, 5.41) is 0. The van der Waals surface area contributed by atoms with Crippen molar-refractivity contribution in [2.45, 2.75) is 61.0 Å². The van der Waals surface area contributed by atoms with E-state index >= 15 is 0 Å². The zero-order valence-electron chi connectivity index (χ0n) is 7.78. The molecule has 1 spiro atoms. The van der Waals surface area contributed by atoms with Crippen LogP contribution in [0.5, 0.6) is 0 Å². The van der Waals surface area contributed by atoms with E-state index < -0.39 is 6.51 Å². The molecule has 69 valence electrons. The molecule has 0 amide bonds. The van der Waals surface area contributed by atoms with E-state index in [4.69, 9.17) is 0 Å². The van der Waals surface area contributed by atoms with Gasteiger partial charge in [-0.25, -0.2) is 0 Å². The van der Waals surface area contributed by atoms with Crippen molar-refractivity contribution in [3.63, 3.8) is 0 Å². The Balaban J connectivity index is 2.08. The molecule has 10 aliphatic heterocycles. The number of rotatable bonds is 1. The first-order valence-electron chi connectivity index (χ1n) is 6.46. The Hall–Kier alpha value is 0.519. The SMILES string of the molecule is CC[C]12[CH]3[CH]4[CH]5[CH]1[Mn]45321678[CH]2[CH]1[CH]6[CH]7[CH]28. The molecule has 0 aliphatic carbocycles. The van der Waals surface area contributed by atoms with E-state index in [1.165, 1.54) is 4.31 Å². The van der Waals surface area contributed by atoms with Gasteiger partial charge in [0.25, 0.3) is 0 Å².